The molecule has 0 N–H and O–H groups in total. The first-order valence-electron chi connectivity index (χ1n) is 10.8. The molecule has 1 aliphatic rings. The highest BCUT2D eigenvalue weighted by molar-refractivity contribution is 6.31. The molecule has 8 heteroatoms. The van der Waals surface area contributed by atoms with Gasteiger partial charge in [-0.25, -0.2) is 4.98 Å². The van der Waals surface area contributed by atoms with E-state index in [2.05, 4.69) is 16.0 Å². The van der Waals surface area contributed by atoms with Crippen LogP contribution in [0, 0.1) is 5.92 Å². The fourth-order valence-corrected chi connectivity index (χ4v) is 4.80. The summed E-state index contributed by atoms with van der Waals surface area (Å²) < 4.78 is 40.6. The van der Waals surface area contributed by atoms with Crippen LogP contribution in [0.25, 0.3) is 11.0 Å². The molecular formula is C24H25ClF3N3O. The van der Waals surface area contributed by atoms with Crippen LogP contribution in [-0.4, -0.2) is 46.0 Å². The summed E-state index contributed by atoms with van der Waals surface area (Å²) in [7, 11) is 0. The van der Waals surface area contributed by atoms with Crippen molar-refractivity contribution in [3.63, 3.8) is 0 Å². The van der Waals surface area contributed by atoms with Gasteiger partial charge in [-0.15, -0.1) is 0 Å². The molecule has 170 valence electrons. The minimum absolute atomic E-state index is 0.243. The molecule has 1 unspecified atom stereocenters. The monoisotopic (exact) mass is 463 g/mol. The fourth-order valence-electron chi connectivity index (χ4n) is 4.59. The number of likely N-dealkylation sites (tertiary alicyclic amines) is 1. The number of benzene rings is 1. The summed E-state index contributed by atoms with van der Waals surface area (Å²) in [6.45, 7) is 3.34. The molecular weight excluding hydrogens is 439 g/mol. The lowest BCUT2D eigenvalue weighted by atomic mass is 9.91. The van der Waals surface area contributed by atoms with Crippen LogP contribution in [0.2, 0.25) is 5.02 Å². The van der Waals surface area contributed by atoms with E-state index in [1.165, 1.54) is 24.0 Å². The average Bonchev–Trinajstić information content (AvgIpc) is 3.13. The molecule has 4 rings (SSSR count). The Bertz CT molecular complexity index is 1100. The highest BCUT2D eigenvalue weighted by atomic mass is 35.5. The maximum atomic E-state index is 13.0. The summed E-state index contributed by atoms with van der Waals surface area (Å²) in [6, 6.07) is 11.0. The number of hydrogen-bond acceptors (Lipinski definition) is 3. The average molecular weight is 464 g/mol. The van der Waals surface area contributed by atoms with E-state index in [1.54, 1.807) is 10.6 Å². The number of alkyl halides is 3. The Morgan fingerprint density at radius 1 is 1.16 bits per heavy atom. The van der Waals surface area contributed by atoms with Crippen molar-refractivity contribution in [1.29, 1.82) is 0 Å². The van der Waals surface area contributed by atoms with Crippen molar-refractivity contribution in [3.05, 3.63) is 64.9 Å². The number of pyridine rings is 1. The number of nitrogens with zero attached hydrogens (tertiary/aromatic N) is 3. The summed E-state index contributed by atoms with van der Waals surface area (Å²) >= 11 is 6.31. The SMILES string of the molecule is O=C(c1cn(CCCN2CCCC(Cc3ccccc3Cl)C2)c2ncccc12)C(F)(F)F. The van der Waals surface area contributed by atoms with E-state index in [1.807, 2.05) is 18.2 Å². The van der Waals surface area contributed by atoms with Crippen LogP contribution in [0.5, 0.6) is 0 Å². The second-order valence-electron chi connectivity index (χ2n) is 8.40. The summed E-state index contributed by atoms with van der Waals surface area (Å²) in [5.41, 5.74) is 1.25. The van der Waals surface area contributed by atoms with E-state index in [0.29, 0.717) is 18.1 Å². The smallest absolute Gasteiger partial charge is 0.332 e. The zero-order valence-corrected chi connectivity index (χ0v) is 18.4. The van der Waals surface area contributed by atoms with E-state index in [4.69, 9.17) is 11.6 Å². The standard InChI is InChI=1S/C24H25ClF3N3O/c25-21-9-2-1-7-18(21)14-17-6-4-11-30(15-17)12-5-13-31-16-20(22(32)24(26,27)28)19-8-3-10-29-23(19)31/h1-3,7-10,16-17H,4-6,11-15H2. The zero-order valence-electron chi connectivity index (χ0n) is 17.6. The lowest BCUT2D eigenvalue weighted by molar-refractivity contribution is -0.0884. The van der Waals surface area contributed by atoms with Crippen LogP contribution >= 0.6 is 11.6 Å². The number of carbonyl (C=O) groups is 1. The lowest BCUT2D eigenvalue weighted by Crippen LogP contribution is -2.37. The third kappa shape index (κ3) is 5.15. The fraction of sp³-hybridized carbons (Fsp3) is 0.417. The Morgan fingerprint density at radius 3 is 2.75 bits per heavy atom. The first-order chi connectivity index (χ1) is 15.3. The van der Waals surface area contributed by atoms with Gasteiger partial charge in [-0.05, 0) is 68.5 Å². The van der Waals surface area contributed by atoms with Gasteiger partial charge in [0.15, 0.2) is 0 Å². The van der Waals surface area contributed by atoms with Crippen LogP contribution in [0.1, 0.15) is 35.2 Å². The molecule has 1 fully saturated rings. The molecule has 3 aromatic rings. The van der Waals surface area contributed by atoms with Gasteiger partial charge in [0.05, 0.1) is 5.56 Å². The Hall–Kier alpha value is -2.38. The van der Waals surface area contributed by atoms with Gasteiger partial charge in [0.2, 0.25) is 0 Å². The molecule has 1 atom stereocenters. The number of Topliss-reactive ketones (excluding diaryl/α,β-unsaturated/α-hetero) is 1. The molecule has 0 bridgehead atoms. The molecule has 0 amide bonds. The summed E-state index contributed by atoms with van der Waals surface area (Å²) in [4.78, 5) is 18.5. The Balaban J connectivity index is 1.38. The number of aromatic nitrogens is 2. The number of hydrogen-bond donors (Lipinski definition) is 0. The zero-order chi connectivity index (χ0) is 22.7. The number of rotatable bonds is 7. The molecule has 0 radical (unpaired) electrons. The summed E-state index contributed by atoms with van der Waals surface area (Å²) in [5.74, 6) is -1.29. The van der Waals surface area contributed by atoms with Gasteiger partial charge in [-0.3, -0.25) is 4.79 Å². The van der Waals surface area contributed by atoms with Crippen molar-refractivity contribution in [3.8, 4) is 0 Å². The van der Waals surface area contributed by atoms with Gasteiger partial charge in [0.1, 0.15) is 5.65 Å². The molecule has 1 aromatic carbocycles. The topological polar surface area (TPSA) is 38.1 Å². The maximum absolute atomic E-state index is 13.0. The third-order valence-electron chi connectivity index (χ3n) is 6.08. The lowest BCUT2D eigenvalue weighted by Gasteiger charge is -2.33. The number of carbonyl (C=O) groups excluding carboxylic acids is 1. The number of piperidine rings is 1. The predicted molar refractivity (Wildman–Crippen MR) is 119 cm³/mol. The quantitative estimate of drug-likeness (QED) is 0.417. The Labute approximate surface area is 190 Å². The molecule has 0 spiro atoms. The van der Waals surface area contributed by atoms with E-state index in [9.17, 15) is 18.0 Å². The minimum Gasteiger partial charge on any atom is -0.332 e. The van der Waals surface area contributed by atoms with E-state index < -0.39 is 12.0 Å². The molecule has 1 saturated heterocycles. The van der Waals surface area contributed by atoms with Crippen molar-refractivity contribution in [2.24, 2.45) is 5.92 Å². The molecule has 1 aliphatic heterocycles. The van der Waals surface area contributed by atoms with Crippen LogP contribution in [0.3, 0.4) is 0 Å². The van der Waals surface area contributed by atoms with Crippen LogP contribution in [0.4, 0.5) is 13.2 Å². The largest absolute Gasteiger partial charge is 0.454 e. The normalized spacial score (nSPS) is 17.7. The van der Waals surface area contributed by atoms with Gasteiger partial charge in [0, 0.05) is 35.9 Å². The second kappa shape index (κ2) is 9.63. The highest BCUT2D eigenvalue weighted by Gasteiger charge is 2.41. The van der Waals surface area contributed by atoms with Crippen molar-refractivity contribution >= 4 is 28.4 Å². The summed E-state index contributed by atoms with van der Waals surface area (Å²) in [6.07, 6.45) is 1.92. The van der Waals surface area contributed by atoms with Gasteiger partial charge >= 0.3 is 6.18 Å². The van der Waals surface area contributed by atoms with Crippen LogP contribution in [-0.2, 0) is 13.0 Å². The van der Waals surface area contributed by atoms with Crippen molar-refractivity contribution in [2.75, 3.05) is 19.6 Å². The van der Waals surface area contributed by atoms with Crippen LogP contribution in [0.15, 0.2) is 48.8 Å². The molecule has 3 heterocycles. The Kier molecular flexibility index (Phi) is 6.86. The first kappa shape index (κ1) is 22.8. The molecule has 4 nitrogen and oxygen atoms in total. The van der Waals surface area contributed by atoms with E-state index >= 15 is 0 Å². The van der Waals surface area contributed by atoms with Crippen LogP contribution < -0.4 is 0 Å². The first-order valence-corrected chi connectivity index (χ1v) is 11.2. The number of aryl methyl sites for hydroxylation is 1. The molecule has 32 heavy (non-hydrogen) atoms. The van der Waals surface area contributed by atoms with Crippen molar-refractivity contribution < 1.29 is 18.0 Å². The maximum Gasteiger partial charge on any atom is 0.454 e. The minimum atomic E-state index is -4.90. The third-order valence-corrected chi connectivity index (χ3v) is 6.45. The van der Waals surface area contributed by atoms with Gasteiger partial charge in [-0.1, -0.05) is 29.8 Å². The highest BCUT2D eigenvalue weighted by Crippen LogP contribution is 2.28. The molecule has 0 saturated carbocycles. The van der Waals surface area contributed by atoms with Gasteiger partial charge in [-0.2, -0.15) is 13.2 Å². The van der Waals surface area contributed by atoms with Crippen molar-refractivity contribution in [1.82, 2.24) is 14.5 Å². The predicted octanol–water partition coefficient (Wildman–Crippen LogP) is 5.78. The van der Waals surface area contributed by atoms with E-state index in [-0.39, 0.29) is 10.9 Å². The van der Waals surface area contributed by atoms with Gasteiger partial charge < -0.3 is 9.47 Å². The summed E-state index contributed by atoms with van der Waals surface area (Å²) in [5, 5.41) is 1.05. The molecule has 0 aliphatic carbocycles. The number of halogens is 4. The molecule has 2 aromatic heterocycles. The number of ketones is 1. The second-order valence-corrected chi connectivity index (χ2v) is 8.80. The Morgan fingerprint density at radius 2 is 1.97 bits per heavy atom. The van der Waals surface area contributed by atoms with Gasteiger partial charge in [0.25, 0.3) is 5.78 Å². The van der Waals surface area contributed by atoms with Crippen molar-refractivity contribution in [2.45, 2.75) is 38.4 Å². The van der Waals surface area contributed by atoms with E-state index in [0.717, 1.165) is 50.3 Å². The number of fused-ring (bicyclic) bond motifs is 1.